The van der Waals surface area contributed by atoms with Gasteiger partial charge in [-0.1, -0.05) is 31.5 Å². The normalized spacial score (nSPS) is 11.3. The molecule has 0 unspecified atom stereocenters. The molecule has 2 aromatic rings. The van der Waals surface area contributed by atoms with Crippen LogP contribution in [0.4, 0.5) is 5.69 Å². The highest BCUT2D eigenvalue weighted by molar-refractivity contribution is 7.89. The number of nitrogens with zero attached hydrogens (tertiary/aromatic N) is 1. The van der Waals surface area contributed by atoms with Gasteiger partial charge in [0.1, 0.15) is 16.4 Å². The van der Waals surface area contributed by atoms with Gasteiger partial charge < -0.3 is 14.8 Å². The number of sulfonamides is 1. The molecule has 0 heterocycles. The van der Waals surface area contributed by atoms with E-state index in [0.29, 0.717) is 24.5 Å². The molecule has 0 aromatic heterocycles. The van der Waals surface area contributed by atoms with E-state index in [2.05, 4.69) is 5.32 Å². The summed E-state index contributed by atoms with van der Waals surface area (Å²) in [4.78, 5) is 12.1. The van der Waals surface area contributed by atoms with Gasteiger partial charge in [-0.25, -0.2) is 8.42 Å². The van der Waals surface area contributed by atoms with E-state index >= 15 is 0 Å². The highest BCUT2D eigenvalue weighted by Gasteiger charge is 2.26. The number of carbonyl (C=O) groups is 1. The first-order chi connectivity index (χ1) is 13.3. The van der Waals surface area contributed by atoms with Crippen molar-refractivity contribution in [2.75, 3.05) is 32.1 Å². The molecule has 0 bridgehead atoms. The van der Waals surface area contributed by atoms with Crippen LogP contribution in [0.2, 0.25) is 5.02 Å². The van der Waals surface area contributed by atoms with E-state index in [1.807, 2.05) is 0 Å². The Balaban J connectivity index is 2.17. The highest BCUT2D eigenvalue weighted by Crippen LogP contribution is 2.30. The van der Waals surface area contributed by atoms with Crippen LogP contribution in [-0.2, 0) is 14.8 Å². The van der Waals surface area contributed by atoms with Crippen LogP contribution in [0.5, 0.6) is 11.5 Å². The minimum atomic E-state index is -3.79. The van der Waals surface area contributed by atoms with Gasteiger partial charge in [0.05, 0.1) is 7.11 Å². The first-order valence-corrected chi connectivity index (χ1v) is 10.5. The van der Waals surface area contributed by atoms with Crippen LogP contribution >= 0.6 is 11.6 Å². The number of halogens is 1. The summed E-state index contributed by atoms with van der Waals surface area (Å²) in [6, 6.07) is 11.1. The van der Waals surface area contributed by atoms with Crippen LogP contribution < -0.4 is 14.8 Å². The van der Waals surface area contributed by atoms with Gasteiger partial charge in [0.25, 0.3) is 5.91 Å². The van der Waals surface area contributed by atoms with Gasteiger partial charge in [-0.05, 0) is 30.3 Å². The van der Waals surface area contributed by atoms with Crippen LogP contribution in [0.15, 0.2) is 47.4 Å². The molecule has 0 atom stereocenters. The third kappa shape index (κ3) is 5.37. The second-order valence-electron chi connectivity index (χ2n) is 5.75. The van der Waals surface area contributed by atoms with Crippen molar-refractivity contribution in [2.24, 2.45) is 0 Å². The molecule has 0 aliphatic heterocycles. The fourth-order valence-electron chi connectivity index (χ4n) is 2.55. The second-order valence-corrected chi connectivity index (χ2v) is 8.09. The van der Waals surface area contributed by atoms with Gasteiger partial charge in [0.2, 0.25) is 10.0 Å². The monoisotopic (exact) mass is 426 g/mol. The van der Waals surface area contributed by atoms with Crippen LogP contribution in [0, 0.1) is 0 Å². The summed E-state index contributed by atoms with van der Waals surface area (Å²) in [5, 5.41) is 2.93. The summed E-state index contributed by atoms with van der Waals surface area (Å²) >= 11 is 5.98. The molecular formula is C19H23ClN2O5S. The maximum atomic E-state index is 12.8. The second kappa shape index (κ2) is 9.77. The Bertz CT molecular complexity index is 930. The minimum absolute atomic E-state index is 0.0668. The van der Waals surface area contributed by atoms with Crippen LogP contribution in [0.1, 0.15) is 13.8 Å². The Morgan fingerprint density at radius 3 is 2.50 bits per heavy atom. The number of anilines is 1. The number of hydrogen-bond acceptors (Lipinski definition) is 5. The summed E-state index contributed by atoms with van der Waals surface area (Å²) in [6.45, 7) is 3.74. The third-order valence-electron chi connectivity index (χ3n) is 3.94. The number of carbonyl (C=O) groups excluding carboxylic acids is 1. The predicted octanol–water partition coefficient (Wildman–Crippen LogP) is 3.40. The Morgan fingerprint density at radius 2 is 1.86 bits per heavy atom. The summed E-state index contributed by atoms with van der Waals surface area (Å²) in [6.07, 6.45) is 0. The molecule has 0 spiro atoms. The fourth-order valence-corrected chi connectivity index (χ4v) is 4.40. The lowest BCUT2D eigenvalue weighted by Crippen LogP contribution is -2.31. The molecule has 0 saturated heterocycles. The first-order valence-electron chi connectivity index (χ1n) is 8.68. The predicted molar refractivity (Wildman–Crippen MR) is 109 cm³/mol. The molecule has 0 saturated carbocycles. The number of hydrogen-bond donors (Lipinski definition) is 1. The Labute approximate surface area is 170 Å². The van der Waals surface area contributed by atoms with E-state index < -0.39 is 15.9 Å². The third-order valence-corrected chi connectivity index (χ3v) is 6.25. The average molecular weight is 427 g/mol. The van der Waals surface area contributed by atoms with Gasteiger partial charge >= 0.3 is 0 Å². The molecule has 0 fully saturated rings. The van der Waals surface area contributed by atoms with Crippen molar-refractivity contribution in [3.8, 4) is 11.5 Å². The lowest BCUT2D eigenvalue weighted by molar-refractivity contribution is -0.118. The Kier molecular flexibility index (Phi) is 7.68. The number of benzene rings is 2. The van der Waals surface area contributed by atoms with E-state index in [9.17, 15) is 13.2 Å². The average Bonchev–Trinajstić information content (AvgIpc) is 2.67. The SMILES string of the molecule is CCN(CC)S(=O)(=O)c1cc(Cl)ccc1OCC(=O)Nc1cccc(OC)c1. The Morgan fingerprint density at radius 1 is 1.14 bits per heavy atom. The standard InChI is InChI=1S/C19H23ClN2O5S/c1-4-22(5-2)28(24,25)18-11-14(20)9-10-17(18)27-13-19(23)21-15-7-6-8-16(12-15)26-3/h6-12H,4-5,13H2,1-3H3,(H,21,23). The van der Waals surface area contributed by atoms with Crippen molar-refractivity contribution < 1.29 is 22.7 Å². The van der Waals surface area contributed by atoms with Gasteiger partial charge in [0.15, 0.2) is 6.61 Å². The molecule has 9 heteroatoms. The van der Waals surface area contributed by atoms with Crippen molar-refractivity contribution in [1.82, 2.24) is 4.31 Å². The first kappa shape index (κ1) is 22.0. The van der Waals surface area contributed by atoms with Crippen molar-refractivity contribution in [3.63, 3.8) is 0 Å². The molecule has 152 valence electrons. The van der Waals surface area contributed by atoms with Crippen molar-refractivity contribution in [2.45, 2.75) is 18.7 Å². The largest absolute Gasteiger partial charge is 0.497 e. The number of nitrogens with one attached hydrogen (secondary N) is 1. The minimum Gasteiger partial charge on any atom is -0.497 e. The van der Waals surface area contributed by atoms with Crippen LogP contribution in [0.3, 0.4) is 0 Å². The number of methoxy groups -OCH3 is 1. The van der Waals surface area contributed by atoms with Crippen molar-refractivity contribution >= 4 is 33.2 Å². The molecule has 0 aliphatic carbocycles. The number of amides is 1. The molecular weight excluding hydrogens is 404 g/mol. The maximum Gasteiger partial charge on any atom is 0.262 e. The van der Waals surface area contributed by atoms with Gasteiger partial charge in [-0.2, -0.15) is 4.31 Å². The van der Waals surface area contributed by atoms with E-state index in [-0.39, 0.29) is 22.3 Å². The lowest BCUT2D eigenvalue weighted by atomic mass is 10.3. The topological polar surface area (TPSA) is 84.9 Å². The Hall–Kier alpha value is -2.29. The molecule has 2 aromatic carbocycles. The molecule has 1 amide bonds. The number of ether oxygens (including phenoxy) is 2. The fraction of sp³-hybridized carbons (Fsp3) is 0.316. The van der Waals surface area contributed by atoms with E-state index in [4.69, 9.17) is 21.1 Å². The van der Waals surface area contributed by atoms with E-state index in [0.717, 1.165) is 0 Å². The lowest BCUT2D eigenvalue weighted by Gasteiger charge is -2.20. The van der Waals surface area contributed by atoms with Crippen molar-refractivity contribution in [3.05, 3.63) is 47.5 Å². The highest BCUT2D eigenvalue weighted by atomic mass is 35.5. The molecule has 1 N–H and O–H groups in total. The maximum absolute atomic E-state index is 12.8. The molecule has 2 rings (SSSR count). The zero-order valence-electron chi connectivity index (χ0n) is 15.9. The molecule has 28 heavy (non-hydrogen) atoms. The zero-order chi connectivity index (χ0) is 20.7. The number of rotatable bonds is 9. The molecule has 7 nitrogen and oxygen atoms in total. The molecule has 0 aliphatic rings. The summed E-state index contributed by atoms with van der Waals surface area (Å²) in [5.41, 5.74) is 0.542. The van der Waals surface area contributed by atoms with Crippen LogP contribution in [0.25, 0.3) is 0 Å². The summed E-state index contributed by atoms with van der Waals surface area (Å²) in [5.74, 6) is 0.232. The van der Waals surface area contributed by atoms with E-state index in [1.165, 1.54) is 29.6 Å². The molecule has 0 radical (unpaired) electrons. The quantitative estimate of drug-likeness (QED) is 0.664. The van der Waals surface area contributed by atoms with Gasteiger partial charge in [-0.15, -0.1) is 0 Å². The smallest absolute Gasteiger partial charge is 0.262 e. The van der Waals surface area contributed by atoms with E-state index in [1.54, 1.807) is 38.1 Å². The summed E-state index contributed by atoms with van der Waals surface area (Å²) < 4.78 is 37.6. The van der Waals surface area contributed by atoms with Crippen LogP contribution in [-0.4, -0.2) is 45.4 Å². The van der Waals surface area contributed by atoms with Gasteiger partial charge in [-0.3, -0.25) is 4.79 Å². The zero-order valence-corrected chi connectivity index (χ0v) is 17.5. The van der Waals surface area contributed by atoms with Crippen molar-refractivity contribution in [1.29, 1.82) is 0 Å². The van der Waals surface area contributed by atoms with Gasteiger partial charge in [0, 0.05) is 29.9 Å². The summed E-state index contributed by atoms with van der Waals surface area (Å²) in [7, 11) is -2.26.